The third-order valence-corrected chi connectivity index (χ3v) is 7.03. The molecule has 1 atom stereocenters. The Balaban J connectivity index is 1.59. The van der Waals surface area contributed by atoms with Crippen molar-refractivity contribution >= 4 is 16.8 Å². The number of hydrogen-bond donors (Lipinski definition) is 0. The molecule has 0 bridgehead atoms. The third-order valence-electron chi connectivity index (χ3n) is 7.03. The maximum atomic E-state index is 13.6. The summed E-state index contributed by atoms with van der Waals surface area (Å²) in [4.78, 5) is 15.1. The van der Waals surface area contributed by atoms with E-state index in [1.807, 2.05) is 37.4 Å². The highest BCUT2D eigenvalue weighted by Crippen LogP contribution is 2.38. The highest BCUT2D eigenvalue weighted by molar-refractivity contribution is 5.87. The molecular formula is C30H29F3N2O2. The van der Waals surface area contributed by atoms with Gasteiger partial charge in [0.15, 0.2) is 0 Å². The van der Waals surface area contributed by atoms with Crippen LogP contribution in [-0.4, -0.2) is 41.7 Å². The van der Waals surface area contributed by atoms with Gasteiger partial charge < -0.3 is 14.2 Å². The smallest absolute Gasteiger partial charge is 0.378 e. The Kier molecular flexibility index (Phi) is 7.07. The minimum atomic E-state index is -4.46. The van der Waals surface area contributed by atoms with E-state index in [-0.39, 0.29) is 12.3 Å². The van der Waals surface area contributed by atoms with Crippen molar-refractivity contribution in [3.8, 4) is 0 Å². The van der Waals surface area contributed by atoms with Gasteiger partial charge >= 0.3 is 6.18 Å². The summed E-state index contributed by atoms with van der Waals surface area (Å²) >= 11 is 0. The number of ether oxygens (including phenoxy) is 1. The van der Waals surface area contributed by atoms with E-state index in [1.54, 1.807) is 11.0 Å². The van der Waals surface area contributed by atoms with E-state index in [4.69, 9.17) is 4.74 Å². The molecular weight excluding hydrogens is 477 g/mol. The average Bonchev–Trinajstić information content (AvgIpc) is 3.26. The van der Waals surface area contributed by atoms with Crippen molar-refractivity contribution in [1.82, 2.24) is 9.47 Å². The zero-order valence-corrected chi connectivity index (χ0v) is 20.7. The number of halogens is 3. The van der Waals surface area contributed by atoms with Crippen LogP contribution in [0.4, 0.5) is 13.2 Å². The van der Waals surface area contributed by atoms with E-state index in [9.17, 15) is 18.0 Å². The second kappa shape index (κ2) is 10.4. The summed E-state index contributed by atoms with van der Waals surface area (Å²) in [5.41, 5.74) is 3.90. The van der Waals surface area contributed by atoms with Crippen LogP contribution in [0.15, 0.2) is 79.0 Å². The monoisotopic (exact) mass is 506 g/mol. The molecule has 2 heterocycles. The van der Waals surface area contributed by atoms with Crippen LogP contribution in [0.25, 0.3) is 10.9 Å². The molecule has 0 radical (unpaired) electrons. The van der Waals surface area contributed by atoms with Gasteiger partial charge in [0.05, 0.1) is 18.8 Å². The van der Waals surface area contributed by atoms with Crippen LogP contribution in [0.1, 0.15) is 40.2 Å². The predicted octanol–water partition coefficient (Wildman–Crippen LogP) is 6.40. The molecule has 1 unspecified atom stereocenters. The largest absolute Gasteiger partial charge is 0.416 e. The highest BCUT2D eigenvalue weighted by Gasteiger charge is 2.32. The molecule has 4 nitrogen and oxygen atoms in total. The first kappa shape index (κ1) is 25.1. The van der Waals surface area contributed by atoms with E-state index in [1.165, 1.54) is 17.7 Å². The number of aryl methyl sites for hydroxylation is 1. The molecule has 0 N–H and O–H groups in total. The van der Waals surface area contributed by atoms with Crippen LogP contribution in [0.5, 0.6) is 0 Å². The number of amides is 1. The van der Waals surface area contributed by atoms with E-state index in [0.29, 0.717) is 38.4 Å². The standard InChI is InChI=1S/C30H29F3N2O2/c1-21-9-11-22(12-10-21)19-35-20-27(25-7-2-3-8-28(25)35)26(18-29(36)34-13-15-37-16-14-34)23-5-4-6-24(17-23)30(31,32)33/h2-12,17,20,26H,13-16,18-19H2,1H3. The van der Waals surface area contributed by atoms with Gasteiger partial charge in [0.1, 0.15) is 0 Å². The molecule has 5 rings (SSSR count). The number of alkyl halides is 3. The molecule has 3 aromatic carbocycles. The fourth-order valence-corrected chi connectivity index (χ4v) is 5.03. The summed E-state index contributed by atoms with van der Waals surface area (Å²) in [6.45, 7) is 4.57. The lowest BCUT2D eigenvalue weighted by Crippen LogP contribution is -2.41. The normalized spacial score (nSPS) is 15.2. The molecule has 0 spiro atoms. The van der Waals surface area contributed by atoms with Gasteiger partial charge in [0, 0.05) is 49.1 Å². The SMILES string of the molecule is Cc1ccc(Cn2cc(C(CC(=O)N3CCOCC3)c3cccc(C(F)(F)F)c3)c3ccccc32)cc1. The van der Waals surface area contributed by atoms with Crippen LogP contribution in [0.3, 0.4) is 0 Å². The lowest BCUT2D eigenvalue weighted by atomic mass is 9.87. The average molecular weight is 507 g/mol. The lowest BCUT2D eigenvalue weighted by Gasteiger charge is -2.29. The van der Waals surface area contributed by atoms with Crippen molar-refractivity contribution in [3.05, 3.63) is 107 Å². The number of carbonyl (C=O) groups excluding carboxylic acids is 1. The maximum Gasteiger partial charge on any atom is 0.416 e. The topological polar surface area (TPSA) is 34.5 Å². The Morgan fingerprint density at radius 1 is 0.973 bits per heavy atom. The zero-order chi connectivity index (χ0) is 26.0. The number of morpholine rings is 1. The molecule has 1 aromatic heterocycles. The van der Waals surface area contributed by atoms with Crippen molar-refractivity contribution in [1.29, 1.82) is 0 Å². The Morgan fingerprint density at radius 3 is 2.43 bits per heavy atom. The van der Waals surface area contributed by atoms with Crippen LogP contribution in [0, 0.1) is 6.92 Å². The number of aromatic nitrogens is 1. The Hall–Kier alpha value is -3.58. The van der Waals surface area contributed by atoms with E-state index in [0.717, 1.165) is 28.1 Å². The quantitative estimate of drug-likeness (QED) is 0.303. The number of fused-ring (bicyclic) bond motifs is 1. The fraction of sp³-hybridized carbons (Fsp3) is 0.300. The van der Waals surface area contributed by atoms with Gasteiger partial charge in [-0.1, -0.05) is 66.2 Å². The molecule has 1 saturated heterocycles. The maximum absolute atomic E-state index is 13.6. The van der Waals surface area contributed by atoms with Gasteiger partial charge in [0.2, 0.25) is 5.91 Å². The Bertz CT molecular complexity index is 1390. The van der Waals surface area contributed by atoms with Crippen LogP contribution >= 0.6 is 0 Å². The van der Waals surface area contributed by atoms with Gasteiger partial charge in [-0.05, 0) is 35.7 Å². The predicted molar refractivity (Wildman–Crippen MR) is 138 cm³/mol. The van der Waals surface area contributed by atoms with Crippen molar-refractivity contribution in [2.24, 2.45) is 0 Å². The number of nitrogens with zero attached hydrogens (tertiary/aromatic N) is 2. The first-order valence-corrected chi connectivity index (χ1v) is 12.5. The van der Waals surface area contributed by atoms with Crippen LogP contribution in [-0.2, 0) is 22.3 Å². The second-order valence-electron chi connectivity index (χ2n) is 9.59. The molecule has 4 aromatic rings. The number of hydrogen-bond acceptors (Lipinski definition) is 2. The first-order chi connectivity index (χ1) is 17.8. The van der Waals surface area contributed by atoms with Crippen LogP contribution in [0.2, 0.25) is 0 Å². The number of para-hydroxylation sites is 1. The van der Waals surface area contributed by atoms with E-state index >= 15 is 0 Å². The molecule has 1 fully saturated rings. The number of rotatable bonds is 6. The van der Waals surface area contributed by atoms with Crippen LogP contribution < -0.4 is 0 Å². The van der Waals surface area contributed by atoms with E-state index < -0.39 is 17.7 Å². The van der Waals surface area contributed by atoms with Gasteiger partial charge in [-0.3, -0.25) is 4.79 Å². The van der Waals surface area contributed by atoms with Crippen molar-refractivity contribution in [3.63, 3.8) is 0 Å². The fourth-order valence-electron chi connectivity index (χ4n) is 5.03. The molecule has 1 amide bonds. The molecule has 192 valence electrons. The zero-order valence-electron chi connectivity index (χ0n) is 20.7. The first-order valence-electron chi connectivity index (χ1n) is 12.5. The molecule has 37 heavy (non-hydrogen) atoms. The summed E-state index contributed by atoms with van der Waals surface area (Å²) in [5, 5.41) is 0.937. The molecule has 1 aliphatic rings. The summed E-state index contributed by atoms with van der Waals surface area (Å²) in [5.74, 6) is -0.608. The Morgan fingerprint density at radius 2 is 1.70 bits per heavy atom. The van der Waals surface area contributed by atoms with Crippen molar-refractivity contribution in [2.45, 2.75) is 32.0 Å². The summed E-state index contributed by atoms with van der Waals surface area (Å²) in [6.07, 6.45) is -2.38. The van der Waals surface area contributed by atoms with Gasteiger partial charge in [-0.25, -0.2) is 0 Å². The molecule has 0 aliphatic carbocycles. The molecule has 7 heteroatoms. The molecule has 1 aliphatic heterocycles. The lowest BCUT2D eigenvalue weighted by molar-refractivity contribution is -0.137. The van der Waals surface area contributed by atoms with Gasteiger partial charge in [0.25, 0.3) is 0 Å². The van der Waals surface area contributed by atoms with E-state index in [2.05, 4.69) is 28.8 Å². The molecule has 0 saturated carbocycles. The highest BCUT2D eigenvalue weighted by atomic mass is 19.4. The third kappa shape index (κ3) is 5.57. The minimum Gasteiger partial charge on any atom is -0.378 e. The number of benzene rings is 3. The Labute approximate surface area is 214 Å². The minimum absolute atomic E-state index is 0.0823. The second-order valence-corrected chi connectivity index (χ2v) is 9.59. The van der Waals surface area contributed by atoms with Gasteiger partial charge in [-0.2, -0.15) is 13.2 Å². The summed E-state index contributed by atoms with van der Waals surface area (Å²) < 4.78 is 48.4. The summed E-state index contributed by atoms with van der Waals surface area (Å²) in [6, 6.07) is 21.5. The number of carbonyl (C=O) groups is 1. The summed E-state index contributed by atoms with van der Waals surface area (Å²) in [7, 11) is 0. The van der Waals surface area contributed by atoms with Gasteiger partial charge in [-0.15, -0.1) is 0 Å². The van der Waals surface area contributed by atoms with Crippen molar-refractivity contribution in [2.75, 3.05) is 26.3 Å². The van der Waals surface area contributed by atoms with Crippen molar-refractivity contribution < 1.29 is 22.7 Å².